The third-order valence-electron chi connectivity index (χ3n) is 2.55. The maximum atomic E-state index is 5.55. The van der Waals surface area contributed by atoms with Crippen molar-refractivity contribution < 1.29 is 4.74 Å². The van der Waals surface area contributed by atoms with Gasteiger partial charge >= 0.3 is 0 Å². The van der Waals surface area contributed by atoms with Crippen molar-refractivity contribution in [1.82, 2.24) is 20.1 Å². The van der Waals surface area contributed by atoms with E-state index < -0.39 is 0 Å². The molecule has 1 aliphatic heterocycles. The normalized spacial score (nSPS) is 27.0. The molecule has 0 radical (unpaired) electrons. The largest absolute Gasteiger partial charge is 0.377 e. The van der Waals surface area contributed by atoms with Crippen molar-refractivity contribution >= 4 is 0 Å². The average Bonchev–Trinajstić information content (AvgIpc) is 2.74. The molecule has 1 saturated heterocycles. The van der Waals surface area contributed by atoms with Crippen molar-refractivity contribution in [3.05, 3.63) is 12.2 Å². The second kappa shape index (κ2) is 4.06. The fourth-order valence-electron chi connectivity index (χ4n) is 1.87. The van der Waals surface area contributed by atoms with Crippen LogP contribution in [0, 0.1) is 0 Å². The molecule has 0 spiro atoms. The van der Waals surface area contributed by atoms with E-state index in [0.717, 1.165) is 25.4 Å². The molecular formula is C9H16N4O. The quantitative estimate of drug-likeness (QED) is 0.753. The molecule has 0 aromatic carbocycles. The number of rotatable bonds is 3. The van der Waals surface area contributed by atoms with E-state index in [4.69, 9.17) is 4.74 Å². The van der Waals surface area contributed by atoms with Gasteiger partial charge in [-0.2, -0.15) is 0 Å². The van der Waals surface area contributed by atoms with Crippen LogP contribution >= 0.6 is 0 Å². The number of aryl methyl sites for hydroxylation is 1. The minimum absolute atomic E-state index is 0.291. The van der Waals surface area contributed by atoms with E-state index in [1.54, 1.807) is 6.33 Å². The molecule has 14 heavy (non-hydrogen) atoms. The summed E-state index contributed by atoms with van der Waals surface area (Å²) in [4.78, 5) is 0. The molecule has 0 aliphatic carbocycles. The first-order valence-corrected chi connectivity index (χ1v) is 5.00. The van der Waals surface area contributed by atoms with Crippen LogP contribution in [0.2, 0.25) is 0 Å². The molecule has 2 unspecified atom stereocenters. The number of hydrogen-bond donors (Lipinski definition) is 1. The Balaban J connectivity index is 1.99. The first-order valence-electron chi connectivity index (χ1n) is 5.00. The predicted octanol–water partition coefficient (Wildman–Crippen LogP) is 0.255. The number of nitrogens with zero attached hydrogens (tertiary/aromatic N) is 3. The first kappa shape index (κ1) is 9.61. The Bertz CT molecular complexity index is 299. The standard InChI is InChI=1S/C9H16N4O/c1-3-14-7-4-8(10-5-7)9-12-11-6-13(9)2/h6-8,10H,3-5H2,1-2H3. The Labute approximate surface area is 83.5 Å². The Morgan fingerprint density at radius 2 is 2.57 bits per heavy atom. The lowest BCUT2D eigenvalue weighted by Crippen LogP contribution is -2.18. The molecule has 1 N–H and O–H groups in total. The summed E-state index contributed by atoms with van der Waals surface area (Å²) in [6.45, 7) is 3.71. The van der Waals surface area contributed by atoms with Crippen molar-refractivity contribution in [2.24, 2.45) is 7.05 Å². The fourth-order valence-corrected chi connectivity index (χ4v) is 1.87. The van der Waals surface area contributed by atoms with Gasteiger partial charge in [-0.15, -0.1) is 10.2 Å². The molecule has 78 valence electrons. The summed E-state index contributed by atoms with van der Waals surface area (Å²) >= 11 is 0. The van der Waals surface area contributed by atoms with Gasteiger partial charge < -0.3 is 14.6 Å². The molecule has 0 amide bonds. The van der Waals surface area contributed by atoms with Crippen molar-refractivity contribution in [2.75, 3.05) is 13.2 Å². The van der Waals surface area contributed by atoms with Crippen LogP contribution in [0.4, 0.5) is 0 Å². The highest BCUT2D eigenvalue weighted by atomic mass is 16.5. The Morgan fingerprint density at radius 1 is 1.71 bits per heavy atom. The molecule has 0 bridgehead atoms. The molecule has 1 aromatic rings. The van der Waals surface area contributed by atoms with E-state index in [1.807, 2.05) is 18.5 Å². The summed E-state index contributed by atoms with van der Waals surface area (Å²) in [6, 6.07) is 0.291. The number of ether oxygens (including phenoxy) is 1. The maximum absolute atomic E-state index is 5.55. The molecule has 2 rings (SSSR count). The summed E-state index contributed by atoms with van der Waals surface area (Å²) in [5.41, 5.74) is 0. The van der Waals surface area contributed by atoms with Crippen LogP contribution in [0.15, 0.2) is 6.33 Å². The number of nitrogens with one attached hydrogen (secondary N) is 1. The minimum Gasteiger partial charge on any atom is -0.377 e. The van der Waals surface area contributed by atoms with Crippen LogP contribution in [0.1, 0.15) is 25.2 Å². The Morgan fingerprint density at radius 3 is 3.21 bits per heavy atom. The Hall–Kier alpha value is -0.940. The molecule has 2 heterocycles. The van der Waals surface area contributed by atoms with Gasteiger partial charge in [-0.25, -0.2) is 0 Å². The zero-order valence-corrected chi connectivity index (χ0v) is 8.60. The smallest absolute Gasteiger partial charge is 0.149 e. The predicted molar refractivity (Wildman–Crippen MR) is 51.8 cm³/mol. The van der Waals surface area contributed by atoms with Gasteiger partial charge in [0.1, 0.15) is 12.2 Å². The molecule has 0 saturated carbocycles. The van der Waals surface area contributed by atoms with E-state index in [0.29, 0.717) is 12.1 Å². The number of hydrogen-bond acceptors (Lipinski definition) is 4. The lowest BCUT2D eigenvalue weighted by molar-refractivity contribution is 0.0755. The van der Waals surface area contributed by atoms with E-state index in [-0.39, 0.29) is 0 Å². The highest BCUT2D eigenvalue weighted by Crippen LogP contribution is 2.22. The van der Waals surface area contributed by atoms with Crippen LogP contribution in [0.25, 0.3) is 0 Å². The van der Waals surface area contributed by atoms with E-state index in [2.05, 4.69) is 15.5 Å². The maximum Gasteiger partial charge on any atom is 0.149 e. The molecule has 1 fully saturated rings. The van der Waals surface area contributed by atoms with Crippen molar-refractivity contribution in [3.63, 3.8) is 0 Å². The molecule has 1 aromatic heterocycles. The first-order chi connectivity index (χ1) is 6.81. The number of aromatic nitrogens is 3. The zero-order chi connectivity index (χ0) is 9.97. The highest BCUT2D eigenvalue weighted by molar-refractivity contribution is 4.99. The lowest BCUT2D eigenvalue weighted by atomic mass is 10.2. The van der Waals surface area contributed by atoms with Crippen LogP contribution < -0.4 is 5.32 Å². The van der Waals surface area contributed by atoms with Gasteiger partial charge in [0.15, 0.2) is 0 Å². The van der Waals surface area contributed by atoms with E-state index >= 15 is 0 Å². The molecule has 1 aliphatic rings. The third-order valence-corrected chi connectivity index (χ3v) is 2.55. The van der Waals surface area contributed by atoms with Crippen molar-refractivity contribution in [3.8, 4) is 0 Å². The van der Waals surface area contributed by atoms with E-state index in [9.17, 15) is 0 Å². The van der Waals surface area contributed by atoms with Crippen LogP contribution in [-0.2, 0) is 11.8 Å². The lowest BCUT2D eigenvalue weighted by Gasteiger charge is -2.09. The molecular weight excluding hydrogens is 180 g/mol. The summed E-state index contributed by atoms with van der Waals surface area (Å²) in [5, 5.41) is 11.3. The van der Waals surface area contributed by atoms with Gasteiger partial charge in [0, 0.05) is 20.2 Å². The van der Waals surface area contributed by atoms with Gasteiger partial charge in [0.25, 0.3) is 0 Å². The molecule has 5 heteroatoms. The molecule has 2 atom stereocenters. The second-order valence-electron chi connectivity index (χ2n) is 3.57. The monoisotopic (exact) mass is 196 g/mol. The van der Waals surface area contributed by atoms with Gasteiger partial charge in [-0.3, -0.25) is 0 Å². The van der Waals surface area contributed by atoms with Gasteiger partial charge in [-0.1, -0.05) is 0 Å². The molecule has 5 nitrogen and oxygen atoms in total. The topological polar surface area (TPSA) is 52.0 Å². The van der Waals surface area contributed by atoms with Gasteiger partial charge in [0.05, 0.1) is 12.1 Å². The summed E-state index contributed by atoms with van der Waals surface area (Å²) in [6.07, 6.45) is 3.03. The average molecular weight is 196 g/mol. The zero-order valence-electron chi connectivity index (χ0n) is 8.60. The van der Waals surface area contributed by atoms with Crippen LogP contribution in [0.5, 0.6) is 0 Å². The van der Waals surface area contributed by atoms with E-state index in [1.165, 1.54) is 0 Å². The van der Waals surface area contributed by atoms with Crippen LogP contribution in [0.3, 0.4) is 0 Å². The Kier molecular flexibility index (Phi) is 2.79. The summed E-state index contributed by atoms with van der Waals surface area (Å²) < 4.78 is 7.50. The summed E-state index contributed by atoms with van der Waals surface area (Å²) in [5.74, 6) is 0.993. The van der Waals surface area contributed by atoms with Crippen molar-refractivity contribution in [2.45, 2.75) is 25.5 Å². The highest BCUT2D eigenvalue weighted by Gasteiger charge is 2.28. The van der Waals surface area contributed by atoms with Crippen LogP contribution in [-0.4, -0.2) is 34.0 Å². The third kappa shape index (κ3) is 1.78. The van der Waals surface area contributed by atoms with Gasteiger partial charge in [0.2, 0.25) is 0 Å². The second-order valence-corrected chi connectivity index (χ2v) is 3.57. The SMILES string of the molecule is CCOC1CNC(c2nncn2C)C1. The minimum atomic E-state index is 0.291. The van der Waals surface area contributed by atoms with Crippen molar-refractivity contribution in [1.29, 1.82) is 0 Å². The van der Waals surface area contributed by atoms with Gasteiger partial charge in [-0.05, 0) is 13.3 Å². The fraction of sp³-hybridized carbons (Fsp3) is 0.778. The summed E-state index contributed by atoms with van der Waals surface area (Å²) in [7, 11) is 1.96.